The minimum Gasteiger partial charge on any atom is -0.394 e. The summed E-state index contributed by atoms with van der Waals surface area (Å²) in [4.78, 5) is 15.1. The Morgan fingerprint density at radius 1 is 1.24 bits per heavy atom. The van der Waals surface area contributed by atoms with Crippen molar-refractivity contribution in [2.75, 3.05) is 26.7 Å². The van der Waals surface area contributed by atoms with Gasteiger partial charge in [0.05, 0.1) is 29.3 Å². The molecule has 1 heterocycles. The van der Waals surface area contributed by atoms with Gasteiger partial charge < -0.3 is 25.7 Å². The quantitative estimate of drug-likeness (QED) is 0.366. The summed E-state index contributed by atoms with van der Waals surface area (Å²) in [5.74, 6) is -1.89. The Hall–Kier alpha value is -1.97. The fourth-order valence-corrected chi connectivity index (χ4v) is 5.70. The second-order valence-electron chi connectivity index (χ2n) is 10.7. The van der Waals surface area contributed by atoms with Crippen molar-refractivity contribution in [2.24, 2.45) is 5.41 Å². The van der Waals surface area contributed by atoms with E-state index in [0.29, 0.717) is 6.42 Å². The maximum atomic E-state index is 15.7. The number of rotatable bonds is 8. The van der Waals surface area contributed by atoms with E-state index >= 15 is 8.78 Å². The number of halogens is 4. The van der Waals surface area contributed by atoms with Crippen LogP contribution in [0, 0.1) is 17.0 Å². The Labute approximate surface area is 227 Å². The number of likely N-dealkylation sites (tertiary alicyclic amines) is 1. The lowest BCUT2D eigenvalue weighted by Crippen LogP contribution is -2.56. The summed E-state index contributed by atoms with van der Waals surface area (Å²) >= 11 is 12.2. The van der Waals surface area contributed by atoms with Crippen molar-refractivity contribution in [1.29, 1.82) is 0 Å². The number of hydrogen-bond acceptors (Lipinski definition) is 4. The summed E-state index contributed by atoms with van der Waals surface area (Å²) in [5, 5.41) is 25.0. The third kappa shape index (κ3) is 6.20. The maximum absolute atomic E-state index is 15.7. The van der Waals surface area contributed by atoms with Gasteiger partial charge in [0.25, 0.3) is 0 Å². The molecule has 2 aromatic carbocycles. The van der Waals surface area contributed by atoms with E-state index in [9.17, 15) is 9.90 Å². The van der Waals surface area contributed by atoms with Gasteiger partial charge in [-0.2, -0.15) is 0 Å². The zero-order chi connectivity index (χ0) is 27.5. The number of benzene rings is 2. The van der Waals surface area contributed by atoms with Gasteiger partial charge in [0, 0.05) is 29.6 Å². The highest BCUT2D eigenvalue weighted by atomic mass is 35.5. The molecule has 1 aliphatic heterocycles. The van der Waals surface area contributed by atoms with Gasteiger partial charge in [0.2, 0.25) is 0 Å². The van der Waals surface area contributed by atoms with Gasteiger partial charge in [0.15, 0.2) is 0 Å². The third-order valence-corrected chi connectivity index (χ3v) is 7.54. The van der Waals surface area contributed by atoms with Gasteiger partial charge >= 0.3 is 6.03 Å². The largest absolute Gasteiger partial charge is 0.394 e. The first-order valence-electron chi connectivity index (χ1n) is 12.3. The van der Waals surface area contributed by atoms with Gasteiger partial charge in [-0.25, -0.2) is 13.6 Å². The molecule has 204 valence electrons. The normalized spacial score (nSPS) is 22.8. The topological polar surface area (TPSA) is 84.8 Å². The van der Waals surface area contributed by atoms with Gasteiger partial charge in [-0.15, -0.1) is 0 Å². The Balaban J connectivity index is 2.20. The van der Waals surface area contributed by atoms with Crippen LogP contribution in [-0.2, 0) is 5.54 Å². The molecule has 3 rings (SSSR count). The molecule has 0 aliphatic carbocycles. The highest BCUT2D eigenvalue weighted by molar-refractivity contribution is 6.31. The molecule has 10 heteroatoms. The number of aliphatic hydroxyl groups excluding tert-OH is 2. The molecule has 0 aromatic heterocycles. The van der Waals surface area contributed by atoms with Crippen LogP contribution in [0.2, 0.25) is 10.0 Å². The van der Waals surface area contributed by atoms with Crippen molar-refractivity contribution in [3.63, 3.8) is 0 Å². The van der Waals surface area contributed by atoms with Crippen LogP contribution in [0.3, 0.4) is 0 Å². The molecule has 1 aliphatic rings. The van der Waals surface area contributed by atoms with Crippen LogP contribution in [0.25, 0.3) is 0 Å². The molecule has 2 amide bonds. The summed E-state index contributed by atoms with van der Waals surface area (Å²) in [6.07, 6.45) is -0.339. The summed E-state index contributed by atoms with van der Waals surface area (Å²) in [6, 6.07) is 8.04. The average molecular weight is 558 g/mol. The van der Waals surface area contributed by atoms with Crippen LogP contribution in [0.4, 0.5) is 13.6 Å². The molecule has 0 unspecified atom stereocenters. The summed E-state index contributed by atoms with van der Waals surface area (Å²) in [7, 11) is 1.68. The van der Waals surface area contributed by atoms with E-state index < -0.39 is 47.9 Å². The van der Waals surface area contributed by atoms with Crippen molar-refractivity contribution in [1.82, 2.24) is 15.5 Å². The van der Waals surface area contributed by atoms with E-state index in [1.54, 1.807) is 36.2 Å². The zero-order valence-electron chi connectivity index (χ0n) is 21.5. The minimum atomic E-state index is -1.23. The second-order valence-corrected chi connectivity index (χ2v) is 11.6. The standard InChI is InChI=1S/C27H35Cl2F2N3O3/c1-26(2,3)13-23-27(32-4,19-9-8-16(28)12-22(19)30)20(18-6-5-7-21(29)24(18)31)14-34(23)25(37)33-11-10-17(36)15-35/h5-9,12,17,20,23,32,35-36H,10-11,13-15H2,1-4H3,(H,33,37)/t17-,20+,23-,27-/m0/s1. The molecule has 6 nitrogen and oxygen atoms in total. The highest BCUT2D eigenvalue weighted by Crippen LogP contribution is 2.52. The van der Waals surface area contributed by atoms with Crippen LogP contribution < -0.4 is 10.6 Å². The lowest BCUT2D eigenvalue weighted by Gasteiger charge is -2.44. The molecule has 0 bridgehead atoms. The molecule has 1 saturated heterocycles. The van der Waals surface area contributed by atoms with E-state index in [1.807, 2.05) is 20.8 Å². The van der Waals surface area contributed by atoms with Gasteiger partial charge in [-0.1, -0.05) is 62.2 Å². The summed E-state index contributed by atoms with van der Waals surface area (Å²) < 4.78 is 31.1. The summed E-state index contributed by atoms with van der Waals surface area (Å²) in [5.41, 5.74) is -0.983. The molecule has 2 aromatic rings. The number of carbonyl (C=O) groups is 1. The Morgan fingerprint density at radius 3 is 2.54 bits per heavy atom. The van der Waals surface area contributed by atoms with Gasteiger partial charge in [-0.05, 0) is 49.1 Å². The monoisotopic (exact) mass is 557 g/mol. The molecule has 0 radical (unpaired) electrons. The van der Waals surface area contributed by atoms with Crippen LogP contribution in [0.1, 0.15) is 50.7 Å². The Bertz CT molecular complexity index is 1110. The van der Waals surface area contributed by atoms with Gasteiger partial charge in [0.1, 0.15) is 11.6 Å². The van der Waals surface area contributed by atoms with Gasteiger partial charge in [-0.3, -0.25) is 0 Å². The molecule has 0 spiro atoms. The number of nitrogens with zero attached hydrogens (tertiary/aromatic N) is 1. The Kier molecular flexibility index (Phi) is 9.46. The first-order chi connectivity index (χ1) is 17.4. The first-order valence-corrected chi connectivity index (χ1v) is 13.0. The van der Waals surface area contributed by atoms with E-state index in [0.717, 1.165) is 0 Å². The lowest BCUT2D eigenvalue weighted by molar-refractivity contribution is 0.0876. The number of likely N-dealkylation sites (N-methyl/N-ethyl adjacent to an activating group) is 1. The second kappa shape index (κ2) is 11.8. The molecular weight excluding hydrogens is 523 g/mol. The van der Waals surface area contributed by atoms with Crippen molar-refractivity contribution in [2.45, 2.75) is 57.2 Å². The first kappa shape index (κ1) is 29.6. The number of nitrogens with one attached hydrogen (secondary N) is 2. The van der Waals surface area contributed by atoms with Crippen LogP contribution >= 0.6 is 23.2 Å². The zero-order valence-corrected chi connectivity index (χ0v) is 23.0. The van der Waals surface area contributed by atoms with Crippen molar-refractivity contribution in [3.05, 3.63) is 69.2 Å². The van der Waals surface area contributed by atoms with E-state index in [-0.39, 0.29) is 46.1 Å². The lowest BCUT2D eigenvalue weighted by atomic mass is 9.69. The van der Waals surface area contributed by atoms with Crippen molar-refractivity contribution in [3.8, 4) is 0 Å². The predicted molar refractivity (Wildman–Crippen MR) is 142 cm³/mol. The molecular formula is C27H35Cl2F2N3O3. The third-order valence-electron chi connectivity index (χ3n) is 7.01. The van der Waals surface area contributed by atoms with E-state index in [2.05, 4.69) is 10.6 Å². The number of carbonyl (C=O) groups excluding carboxylic acids is 1. The highest BCUT2D eigenvalue weighted by Gasteiger charge is 2.58. The molecule has 1 fully saturated rings. The van der Waals surface area contributed by atoms with E-state index in [4.69, 9.17) is 28.3 Å². The minimum absolute atomic E-state index is 0.0626. The van der Waals surface area contributed by atoms with Crippen LogP contribution in [0.15, 0.2) is 36.4 Å². The van der Waals surface area contributed by atoms with Crippen LogP contribution in [-0.4, -0.2) is 60.0 Å². The number of amides is 2. The van der Waals surface area contributed by atoms with Crippen molar-refractivity contribution < 1.29 is 23.8 Å². The smallest absolute Gasteiger partial charge is 0.317 e. The van der Waals surface area contributed by atoms with Crippen LogP contribution in [0.5, 0.6) is 0 Å². The SMILES string of the molecule is CN[C@@]1(c2ccc(Cl)cc2F)[C@@H](c2cccc(Cl)c2F)CN(C(=O)NCC[C@H](O)CO)[C@H]1CC(C)(C)C. The van der Waals surface area contributed by atoms with E-state index in [1.165, 1.54) is 12.1 Å². The maximum Gasteiger partial charge on any atom is 0.317 e. The average Bonchev–Trinajstić information content (AvgIpc) is 3.13. The fraction of sp³-hybridized carbons (Fsp3) is 0.519. The number of hydrogen-bond donors (Lipinski definition) is 4. The van der Waals surface area contributed by atoms with Crippen molar-refractivity contribution >= 4 is 29.2 Å². The Morgan fingerprint density at radius 2 is 1.95 bits per heavy atom. The summed E-state index contributed by atoms with van der Waals surface area (Å²) in [6.45, 7) is 5.85. The molecule has 0 saturated carbocycles. The number of urea groups is 1. The number of aliphatic hydroxyl groups is 2. The molecule has 37 heavy (non-hydrogen) atoms. The molecule has 4 N–H and O–H groups in total. The predicted octanol–water partition coefficient (Wildman–Crippen LogP) is 5.04. The molecule has 4 atom stereocenters. The fourth-order valence-electron chi connectivity index (χ4n) is 5.36.